The standard InChI is InChI=1S/C7H4N4/c8-3-6-5-1-2-9-4-7(5)11-10-6/h1-2,4H,(H,10,11). The molecule has 1 N–H and O–H groups in total. The van der Waals surface area contributed by atoms with Crippen LogP contribution < -0.4 is 0 Å². The minimum atomic E-state index is 0.419. The Bertz CT molecular complexity index is 423. The van der Waals surface area contributed by atoms with Crippen molar-refractivity contribution in [1.29, 1.82) is 5.26 Å². The Balaban J connectivity index is 2.89. The zero-order valence-corrected chi connectivity index (χ0v) is 5.57. The van der Waals surface area contributed by atoms with Gasteiger partial charge in [0.25, 0.3) is 0 Å². The largest absolute Gasteiger partial charge is 0.275 e. The van der Waals surface area contributed by atoms with E-state index in [1.54, 1.807) is 18.5 Å². The van der Waals surface area contributed by atoms with Crippen LogP contribution in [0, 0.1) is 11.3 Å². The average Bonchev–Trinajstić information content (AvgIpc) is 2.47. The van der Waals surface area contributed by atoms with Crippen LogP contribution in [0.25, 0.3) is 10.9 Å². The molecule has 0 unspecified atom stereocenters. The fourth-order valence-corrected chi connectivity index (χ4v) is 0.952. The summed E-state index contributed by atoms with van der Waals surface area (Å²) >= 11 is 0. The van der Waals surface area contributed by atoms with Crippen LogP contribution in [0.15, 0.2) is 18.5 Å². The highest BCUT2D eigenvalue weighted by Gasteiger charge is 2.01. The second-order valence-electron chi connectivity index (χ2n) is 2.11. The fraction of sp³-hybridized carbons (Fsp3) is 0. The maximum atomic E-state index is 8.57. The summed E-state index contributed by atoms with van der Waals surface area (Å²) in [4.78, 5) is 3.88. The Morgan fingerprint density at radius 3 is 3.27 bits per heavy atom. The number of hydrogen-bond donors (Lipinski definition) is 1. The SMILES string of the molecule is N#Cc1n[nH]c2cnccc12. The number of aromatic nitrogens is 3. The van der Waals surface area contributed by atoms with Gasteiger partial charge in [0.05, 0.1) is 11.7 Å². The fourth-order valence-electron chi connectivity index (χ4n) is 0.952. The van der Waals surface area contributed by atoms with Gasteiger partial charge in [0.15, 0.2) is 5.69 Å². The van der Waals surface area contributed by atoms with Crippen molar-refractivity contribution in [2.75, 3.05) is 0 Å². The number of hydrogen-bond acceptors (Lipinski definition) is 3. The molecule has 0 saturated carbocycles. The first kappa shape index (κ1) is 5.86. The van der Waals surface area contributed by atoms with Gasteiger partial charge in [-0.2, -0.15) is 10.4 Å². The van der Waals surface area contributed by atoms with E-state index >= 15 is 0 Å². The molecule has 4 heteroatoms. The van der Waals surface area contributed by atoms with Crippen LogP contribution in [0.2, 0.25) is 0 Å². The van der Waals surface area contributed by atoms with Gasteiger partial charge >= 0.3 is 0 Å². The molecule has 4 nitrogen and oxygen atoms in total. The van der Waals surface area contributed by atoms with Crippen molar-refractivity contribution < 1.29 is 0 Å². The highest BCUT2D eigenvalue weighted by Crippen LogP contribution is 2.11. The third-order valence-corrected chi connectivity index (χ3v) is 1.47. The Kier molecular flexibility index (Phi) is 1.10. The number of fused-ring (bicyclic) bond motifs is 1. The zero-order valence-electron chi connectivity index (χ0n) is 5.57. The minimum Gasteiger partial charge on any atom is -0.275 e. The van der Waals surface area contributed by atoms with Gasteiger partial charge in [-0.25, -0.2) is 0 Å². The topological polar surface area (TPSA) is 65.4 Å². The molecule has 11 heavy (non-hydrogen) atoms. The Labute approximate surface area is 62.5 Å². The van der Waals surface area contributed by atoms with Gasteiger partial charge in [0.1, 0.15) is 6.07 Å². The first-order valence-corrected chi connectivity index (χ1v) is 3.10. The molecule has 0 radical (unpaired) electrons. The summed E-state index contributed by atoms with van der Waals surface area (Å²) in [5.74, 6) is 0. The first-order chi connectivity index (χ1) is 5.42. The van der Waals surface area contributed by atoms with Crippen molar-refractivity contribution in [2.45, 2.75) is 0 Å². The molecule has 0 spiro atoms. The predicted octanol–water partition coefficient (Wildman–Crippen LogP) is 0.830. The Morgan fingerprint density at radius 1 is 1.55 bits per heavy atom. The maximum Gasteiger partial charge on any atom is 0.170 e. The second-order valence-corrected chi connectivity index (χ2v) is 2.11. The van der Waals surface area contributed by atoms with Crippen LogP contribution in [0.1, 0.15) is 5.69 Å². The van der Waals surface area contributed by atoms with E-state index < -0.39 is 0 Å². The number of nitrogens with zero attached hydrogens (tertiary/aromatic N) is 3. The maximum absolute atomic E-state index is 8.57. The summed E-state index contributed by atoms with van der Waals surface area (Å²) in [6.07, 6.45) is 3.28. The van der Waals surface area contributed by atoms with Gasteiger partial charge in [0, 0.05) is 11.6 Å². The molecule has 0 amide bonds. The molecule has 0 aromatic carbocycles. The lowest BCUT2D eigenvalue weighted by Gasteiger charge is -1.82. The molecule has 2 rings (SSSR count). The average molecular weight is 144 g/mol. The lowest BCUT2D eigenvalue weighted by Crippen LogP contribution is -1.72. The van der Waals surface area contributed by atoms with E-state index in [1.165, 1.54) is 0 Å². The van der Waals surface area contributed by atoms with Gasteiger partial charge in [-0.15, -0.1) is 0 Å². The van der Waals surface area contributed by atoms with Crippen LogP contribution in [0.4, 0.5) is 0 Å². The lowest BCUT2D eigenvalue weighted by molar-refractivity contribution is 1.09. The molecular formula is C7H4N4. The Morgan fingerprint density at radius 2 is 2.45 bits per heavy atom. The summed E-state index contributed by atoms with van der Waals surface area (Å²) in [7, 11) is 0. The van der Waals surface area contributed by atoms with Crippen LogP contribution in [0.3, 0.4) is 0 Å². The number of H-pyrrole nitrogens is 1. The lowest BCUT2D eigenvalue weighted by atomic mass is 10.3. The number of nitrogens with one attached hydrogen (secondary N) is 1. The van der Waals surface area contributed by atoms with Crippen LogP contribution in [-0.2, 0) is 0 Å². The summed E-state index contributed by atoms with van der Waals surface area (Å²) < 4.78 is 0. The quantitative estimate of drug-likeness (QED) is 0.595. The van der Waals surface area contributed by atoms with Gasteiger partial charge < -0.3 is 0 Å². The van der Waals surface area contributed by atoms with Crippen molar-refractivity contribution >= 4 is 10.9 Å². The van der Waals surface area contributed by atoms with E-state index in [0.717, 1.165) is 10.9 Å². The normalized spacial score (nSPS) is 9.73. The van der Waals surface area contributed by atoms with E-state index in [0.29, 0.717) is 5.69 Å². The van der Waals surface area contributed by atoms with Crippen LogP contribution in [-0.4, -0.2) is 15.2 Å². The summed E-state index contributed by atoms with van der Waals surface area (Å²) in [6.45, 7) is 0. The molecule has 2 aromatic heterocycles. The third-order valence-electron chi connectivity index (χ3n) is 1.47. The molecule has 0 fully saturated rings. The van der Waals surface area contributed by atoms with E-state index in [4.69, 9.17) is 5.26 Å². The summed E-state index contributed by atoms with van der Waals surface area (Å²) in [5.41, 5.74) is 1.21. The highest BCUT2D eigenvalue weighted by atomic mass is 15.1. The van der Waals surface area contributed by atoms with E-state index in [1.807, 2.05) is 6.07 Å². The molecule has 0 saturated heterocycles. The van der Waals surface area contributed by atoms with Gasteiger partial charge in [-0.3, -0.25) is 10.1 Å². The molecule has 0 aliphatic heterocycles. The number of nitriles is 1. The van der Waals surface area contributed by atoms with Crippen LogP contribution >= 0.6 is 0 Å². The van der Waals surface area contributed by atoms with E-state index in [9.17, 15) is 0 Å². The van der Waals surface area contributed by atoms with Crippen LogP contribution in [0.5, 0.6) is 0 Å². The van der Waals surface area contributed by atoms with Crippen molar-refractivity contribution in [3.05, 3.63) is 24.2 Å². The minimum absolute atomic E-state index is 0.419. The van der Waals surface area contributed by atoms with Crippen molar-refractivity contribution in [2.24, 2.45) is 0 Å². The van der Waals surface area contributed by atoms with Crippen molar-refractivity contribution in [3.63, 3.8) is 0 Å². The van der Waals surface area contributed by atoms with Gasteiger partial charge in [-0.1, -0.05) is 0 Å². The molecule has 0 aliphatic rings. The highest BCUT2D eigenvalue weighted by molar-refractivity contribution is 5.82. The molecule has 2 heterocycles. The van der Waals surface area contributed by atoms with E-state index in [-0.39, 0.29) is 0 Å². The molecule has 52 valence electrons. The smallest absolute Gasteiger partial charge is 0.170 e. The molecule has 0 bridgehead atoms. The Hall–Kier alpha value is -1.89. The molecule has 2 aromatic rings. The summed E-state index contributed by atoms with van der Waals surface area (Å²) in [5, 5.41) is 15.9. The van der Waals surface area contributed by atoms with Crippen molar-refractivity contribution in [1.82, 2.24) is 15.2 Å². The second kappa shape index (κ2) is 2.06. The summed E-state index contributed by atoms with van der Waals surface area (Å²) in [6, 6.07) is 3.74. The van der Waals surface area contributed by atoms with E-state index in [2.05, 4.69) is 15.2 Å². The zero-order chi connectivity index (χ0) is 7.68. The molecule has 0 aliphatic carbocycles. The first-order valence-electron chi connectivity index (χ1n) is 3.10. The van der Waals surface area contributed by atoms with Gasteiger partial charge in [-0.05, 0) is 6.07 Å². The van der Waals surface area contributed by atoms with Crippen molar-refractivity contribution in [3.8, 4) is 6.07 Å². The van der Waals surface area contributed by atoms with Gasteiger partial charge in [0.2, 0.25) is 0 Å². The third kappa shape index (κ3) is 0.749. The molecule has 0 atom stereocenters. The number of pyridine rings is 1. The predicted molar refractivity (Wildman–Crippen MR) is 38.6 cm³/mol. The number of rotatable bonds is 0. The number of aromatic amines is 1. The monoisotopic (exact) mass is 144 g/mol. The molecular weight excluding hydrogens is 140 g/mol.